The number of rotatable bonds is 0. The van der Waals surface area contributed by atoms with Gasteiger partial charge in [-0.05, 0) is 12.1 Å². The highest BCUT2D eigenvalue weighted by atomic mass is 14.8. The van der Waals surface area contributed by atoms with Gasteiger partial charge in [-0.25, -0.2) is 4.98 Å². The van der Waals surface area contributed by atoms with Gasteiger partial charge in [-0.3, -0.25) is 0 Å². The molecular weight excluding hydrogens is 162 g/mol. The molecule has 0 aliphatic heterocycles. The summed E-state index contributed by atoms with van der Waals surface area (Å²) < 4.78 is 0. The molecule has 1 N–H and O–H groups in total. The summed E-state index contributed by atoms with van der Waals surface area (Å²) in [6.45, 7) is 0. The third-order valence-corrected chi connectivity index (χ3v) is 1.31. The summed E-state index contributed by atoms with van der Waals surface area (Å²) in [5.41, 5.74) is 0.715. The van der Waals surface area contributed by atoms with E-state index in [4.69, 9.17) is 5.26 Å². The molecule has 0 aliphatic rings. The van der Waals surface area contributed by atoms with Crippen LogP contribution in [0.4, 0.5) is 0 Å². The summed E-state index contributed by atoms with van der Waals surface area (Å²) in [7, 11) is 0. The molecule has 64 valence electrons. The molecule has 1 aromatic heterocycles. The van der Waals surface area contributed by atoms with E-state index < -0.39 is 0 Å². The Morgan fingerprint density at radius 1 is 1.23 bits per heavy atom. The van der Waals surface area contributed by atoms with Gasteiger partial charge in [0.05, 0.1) is 18.0 Å². The lowest BCUT2D eigenvalue weighted by Crippen LogP contribution is -1.66. The Morgan fingerprint density at radius 3 is 2.31 bits per heavy atom. The topological polar surface area (TPSA) is 52.5 Å². The Balaban J connectivity index is 0.000000145. The van der Waals surface area contributed by atoms with Crippen molar-refractivity contribution < 1.29 is 0 Å². The number of nitriles is 1. The van der Waals surface area contributed by atoms with E-state index in [1.54, 1.807) is 30.9 Å². The summed E-state index contributed by atoms with van der Waals surface area (Å²) >= 11 is 0. The molecule has 0 radical (unpaired) electrons. The van der Waals surface area contributed by atoms with E-state index in [0.29, 0.717) is 5.56 Å². The van der Waals surface area contributed by atoms with E-state index in [0.717, 1.165) is 0 Å². The second-order valence-electron chi connectivity index (χ2n) is 2.24. The average molecular weight is 171 g/mol. The van der Waals surface area contributed by atoms with Gasteiger partial charge >= 0.3 is 0 Å². The average Bonchev–Trinajstić information content (AvgIpc) is 2.77. The number of nitrogens with zero attached hydrogens (tertiary/aromatic N) is 2. The Hall–Kier alpha value is -2.08. The molecule has 0 fully saturated rings. The summed E-state index contributed by atoms with van der Waals surface area (Å²) in [5, 5.41) is 8.29. The SMILES string of the molecule is N#Cc1ccccc1.c1c[nH]cn1. The Morgan fingerprint density at radius 2 is 2.00 bits per heavy atom. The number of hydrogen-bond donors (Lipinski definition) is 1. The maximum absolute atomic E-state index is 8.29. The molecule has 0 bridgehead atoms. The Bertz CT molecular complexity index is 328. The minimum atomic E-state index is 0.715. The molecule has 2 aromatic rings. The number of benzene rings is 1. The summed E-state index contributed by atoms with van der Waals surface area (Å²) in [6, 6.07) is 11.2. The smallest absolute Gasteiger partial charge is 0.0991 e. The van der Waals surface area contributed by atoms with Gasteiger partial charge in [-0.15, -0.1) is 0 Å². The van der Waals surface area contributed by atoms with Crippen molar-refractivity contribution >= 4 is 0 Å². The van der Waals surface area contributed by atoms with Gasteiger partial charge in [0.25, 0.3) is 0 Å². The van der Waals surface area contributed by atoms with Crippen LogP contribution in [0, 0.1) is 11.3 Å². The van der Waals surface area contributed by atoms with E-state index in [-0.39, 0.29) is 0 Å². The Labute approximate surface area is 76.7 Å². The maximum Gasteiger partial charge on any atom is 0.0991 e. The maximum atomic E-state index is 8.29. The zero-order valence-corrected chi connectivity index (χ0v) is 7.01. The van der Waals surface area contributed by atoms with E-state index in [1.807, 2.05) is 24.3 Å². The first-order chi connectivity index (χ1) is 6.43. The van der Waals surface area contributed by atoms with E-state index >= 15 is 0 Å². The van der Waals surface area contributed by atoms with Crippen LogP contribution in [0.3, 0.4) is 0 Å². The first kappa shape index (κ1) is 9.01. The molecule has 0 spiro atoms. The fraction of sp³-hybridized carbons (Fsp3) is 0. The molecule has 0 aliphatic carbocycles. The van der Waals surface area contributed by atoms with Gasteiger partial charge in [-0.1, -0.05) is 18.2 Å². The first-order valence-corrected chi connectivity index (χ1v) is 3.81. The highest BCUT2D eigenvalue weighted by molar-refractivity contribution is 5.27. The van der Waals surface area contributed by atoms with Crippen LogP contribution in [-0.4, -0.2) is 9.97 Å². The molecule has 0 unspecified atom stereocenters. The second kappa shape index (κ2) is 5.56. The summed E-state index contributed by atoms with van der Waals surface area (Å²) in [4.78, 5) is 6.42. The fourth-order valence-corrected chi connectivity index (χ4v) is 0.728. The predicted octanol–water partition coefficient (Wildman–Crippen LogP) is 1.97. The van der Waals surface area contributed by atoms with Gasteiger partial charge in [-0.2, -0.15) is 5.26 Å². The minimum Gasteiger partial charge on any atom is -0.351 e. The quantitative estimate of drug-likeness (QED) is 0.658. The summed E-state index contributed by atoms with van der Waals surface area (Å²) in [5.74, 6) is 0. The monoisotopic (exact) mass is 171 g/mol. The number of hydrogen-bond acceptors (Lipinski definition) is 2. The van der Waals surface area contributed by atoms with E-state index in [9.17, 15) is 0 Å². The van der Waals surface area contributed by atoms with Crippen molar-refractivity contribution in [1.82, 2.24) is 9.97 Å². The Kier molecular flexibility index (Phi) is 3.85. The van der Waals surface area contributed by atoms with Crippen LogP contribution in [-0.2, 0) is 0 Å². The van der Waals surface area contributed by atoms with E-state index in [1.165, 1.54) is 0 Å². The van der Waals surface area contributed by atoms with Crippen LogP contribution in [0.2, 0.25) is 0 Å². The van der Waals surface area contributed by atoms with Crippen LogP contribution in [0.5, 0.6) is 0 Å². The lowest BCUT2D eigenvalue weighted by molar-refractivity contribution is 1.31. The highest BCUT2D eigenvalue weighted by Crippen LogP contribution is 1.93. The largest absolute Gasteiger partial charge is 0.351 e. The lowest BCUT2D eigenvalue weighted by Gasteiger charge is -1.80. The molecule has 1 heterocycles. The van der Waals surface area contributed by atoms with Gasteiger partial charge < -0.3 is 4.98 Å². The molecule has 0 atom stereocenters. The second-order valence-corrected chi connectivity index (χ2v) is 2.24. The van der Waals surface area contributed by atoms with Crippen LogP contribution in [0.15, 0.2) is 49.1 Å². The third-order valence-electron chi connectivity index (χ3n) is 1.31. The van der Waals surface area contributed by atoms with Crippen molar-refractivity contribution in [1.29, 1.82) is 5.26 Å². The van der Waals surface area contributed by atoms with Crippen LogP contribution in [0.1, 0.15) is 5.56 Å². The number of imidazole rings is 1. The molecule has 13 heavy (non-hydrogen) atoms. The molecule has 3 heteroatoms. The van der Waals surface area contributed by atoms with Gasteiger partial charge in [0, 0.05) is 12.4 Å². The normalized spacial score (nSPS) is 7.92. The lowest BCUT2D eigenvalue weighted by atomic mass is 10.2. The van der Waals surface area contributed by atoms with Crippen molar-refractivity contribution in [3.8, 4) is 6.07 Å². The van der Waals surface area contributed by atoms with Gasteiger partial charge in [0.15, 0.2) is 0 Å². The standard InChI is InChI=1S/C7H5N.C3H4N2/c8-6-7-4-2-1-3-5-7;1-2-5-3-4-1/h1-5H;1-3H,(H,4,5). The zero-order valence-electron chi connectivity index (χ0n) is 7.01. The van der Waals surface area contributed by atoms with Crippen molar-refractivity contribution in [3.63, 3.8) is 0 Å². The van der Waals surface area contributed by atoms with Crippen molar-refractivity contribution in [2.75, 3.05) is 0 Å². The summed E-state index contributed by atoms with van der Waals surface area (Å²) in [6.07, 6.45) is 5.08. The number of H-pyrrole nitrogens is 1. The molecule has 0 saturated carbocycles. The minimum absolute atomic E-state index is 0.715. The number of aromatic amines is 1. The van der Waals surface area contributed by atoms with Crippen LogP contribution in [0.25, 0.3) is 0 Å². The molecule has 0 saturated heterocycles. The van der Waals surface area contributed by atoms with Gasteiger partial charge in [0.1, 0.15) is 0 Å². The molecule has 0 amide bonds. The highest BCUT2D eigenvalue weighted by Gasteiger charge is 1.79. The van der Waals surface area contributed by atoms with Crippen molar-refractivity contribution in [2.45, 2.75) is 0 Å². The zero-order chi connectivity index (χ0) is 9.36. The molecular formula is C10H9N3. The van der Waals surface area contributed by atoms with Crippen LogP contribution >= 0.6 is 0 Å². The van der Waals surface area contributed by atoms with Gasteiger partial charge in [0.2, 0.25) is 0 Å². The van der Waals surface area contributed by atoms with Crippen molar-refractivity contribution in [3.05, 3.63) is 54.6 Å². The fourth-order valence-electron chi connectivity index (χ4n) is 0.728. The molecule has 3 nitrogen and oxygen atoms in total. The number of aromatic nitrogens is 2. The molecule has 1 aromatic carbocycles. The third kappa shape index (κ3) is 3.73. The first-order valence-electron chi connectivity index (χ1n) is 3.81. The van der Waals surface area contributed by atoms with E-state index in [2.05, 4.69) is 9.97 Å². The van der Waals surface area contributed by atoms with Crippen LogP contribution < -0.4 is 0 Å². The molecule has 2 rings (SSSR count). The predicted molar refractivity (Wildman–Crippen MR) is 49.7 cm³/mol. The number of nitrogens with one attached hydrogen (secondary N) is 1. The van der Waals surface area contributed by atoms with Crippen molar-refractivity contribution in [2.24, 2.45) is 0 Å².